The number of nitrogens with one attached hydrogen (secondary N) is 2. The van der Waals surface area contributed by atoms with E-state index in [1.165, 1.54) is 0 Å². The van der Waals surface area contributed by atoms with Gasteiger partial charge in [-0.05, 0) is 37.6 Å². The predicted octanol–water partition coefficient (Wildman–Crippen LogP) is 3.14. The maximum Gasteiger partial charge on any atom is 0.319 e. The molecular formula is C20H23N3O3. The van der Waals surface area contributed by atoms with Crippen LogP contribution in [-0.2, 0) is 17.9 Å². The zero-order chi connectivity index (χ0) is 18.5. The monoisotopic (exact) mass is 353 g/mol. The number of fused-ring (bicyclic) bond motifs is 1. The van der Waals surface area contributed by atoms with E-state index in [1.807, 2.05) is 43.3 Å². The van der Waals surface area contributed by atoms with E-state index in [1.54, 1.807) is 24.0 Å². The Bertz CT molecular complexity index is 792. The maximum absolute atomic E-state index is 12.7. The summed E-state index contributed by atoms with van der Waals surface area (Å²) >= 11 is 0. The Labute approximate surface area is 153 Å². The summed E-state index contributed by atoms with van der Waals surface area (Å²) < 4.78 is 5.82. The number of ether oxygens (including phenoxy) is 1. The van der Waals surface area contributed by atoms with Crippen molar-refractivity contribution in [1.29, 1.82) is 0 Å². The van der Waals surface area contributed by atoms with Gasteiger partial charge in [0.1, 0.15) is 5.75 Å². The van der Waals surface area contributed by atoms with Crippen LogP contribution >= 0.6 is 0 Å². The average molecular weight is 353 g/mol. The minimum Gasteiger partial charge on any atom is -0.481 e. The van der Waals surface area contributed by atoms with E-state index in [-0.39, 0.29) is 11.9 Å². The second-order valence-corrected chi connectivity index (χ2v) is 6.25. The van der Waals surface area contributed by atoms with Crippen LogP contribution in [-0.4, -0.2) is 29.5 Å². The third-order valence-electron chi connectivity index (χ3n) is 4.20. The number of carbonyl (C=O) groups is 2. The first-order chi connectivity index (χ1) is 12.6. The highest BCUT2D eigenvalue weighted by molar-refractivity contribution is 5.89. The van der Waals surface area contributed by atoms with Gasteiger partial charge in [-0.2, -0.15) is 0 Å². The Morgan fingerprint density at radius 1 is 1.23 bits per heavy atom. The van der Waals surface area contributed by atoms with Crippen LogP contribution in [0.3, 0.4) is 0 Å². The first-order valence-electron chi connectivity index (χ1n) is 8.74. The van der Waals surface area contributed by atoms with Gasteiger partial charge in [-0.15, -0.1) is 0 Å². The number of anilines is 1. The number of nitrogens with zero attached hydrogens (tertiary/aromatic N) is 1. The first kappa shape index (κ1) is 17.8. The third-order valence-corrected chi connectivity index (χ3v) is 4.20. The molecule has 1 heterocycles. The molecule has 0 radical (unpaired) electrons. The van der Waals surface area contributed by atoms with Gasteiger partial charge in [0.25, 0.3) is 5.91 Å². The van der Waals surface area contributed by atoms with Gasteiger partial charge >= 0.3 is 6.03 Å². The van der Waals surface area contributed by atoms with Gasteiger partial charge in [0.05, 0.1) is 0 Å². The van der Waals surface area contributed by atoms with Crippen LogP contribution in [0.25, 0.3) is 0 Å². The standard InChI is InChI=1S/C20H23N3O3/c1-3-21-20(25)22-17-9-10-18-16(11-17)13-23(19(24)14(2)26-18)12-15-7-5-4-6-8-15/h4-11,14H,3,12-13H2,1-2H3,(H2,21,22,25). The summed E-state index contributed by atoms with van der Waals surface area (Å²) in [7, 11) is 0. The molecule has 0 spiro atoms. The molecule has 0 aliphatic carbocycles. The highest BCUT2D eigenvalue weighted by Gasteiger charge is 2.28. The van der Waals surface area contributed by atoms with Crippen LogP contribution in [0.15, 0.2) is 48.5 Å². The normalized spacial score (nSPS) is 16.3. The molecule has 6 heteroatoms. The fraction of sp³-hybridized carbons (Fsp3) is 0.300. The lowest BCUT2D eigenvalue weighted by Crippen LogP contribution is -2.37. The van der Waals surface area contributed by atoms with Crippen molar-refractivity contribution in [2.45, 2.75) is 33.0 Å². The molecule has 3 amide bonds. The average Bonchev–Trinajstić information content (AvgIpc) is 2.74. The van der Waals surface area contributed by atoms with Crippen LogP contribution in [0.2, 0.25) is 0 Å². The molecule has 0 saturated carbocycles. The Balaban J connectivity index is 1.83. The molecule has 0 aromatic heterocycles. The van der Waals surface area contributed by atoms with E-state index in [0.717, 1.165) is 11.1 Å². The van der Waals surface area contributed by atoms with Crippen LogP contribution < -0.4 is 15.4 Å². The van der Waals surface area contributed by atoms with Crippen molar-refractivity contribution in [2.24, 2.45) is 0 Å². The second-order valence-electron chi connectivity index (χ2n) is 6.25. The molecule has 0 saturated heterocycles. The van der Waals surface area contributed by atoms with Crippen molar-refractivity contribution in [3.63, 3.8) is 0 Å². The van der Waals surface area contributed by atoms with Crippen molar-refractivity contribution in [1.82, 2.24) is 10.2 Å². The summed E-state index contributed by atoms with van der Waals surface area (Å²) in [5.41, 5.74) is 2.60. The quantitative estimate of drug-likeness (QED) is 0.887. The zero-order valence-electron chi connectivity index (χ0n) is 15.0. The fourth-order valence-electron chi connectivity index (χ4n) is 2.95. The Kier molecular flexibility index (Phi) is 5.41. The number of amides is 3. The lowest BCUT2D eigenvalue weighted by molar-refractivity contribution is -0.138. The summed E-state index contributed by atoms with van der Waals surface area (Å²) in [6.45, 7) is 5.12. The molecule has 6 nitrogen and oxygen atoms in total. The number of benzene rings is 2. The van der Waals surface area contributed by atoms with E-state index in [9.17, 15) is 9.59 Å². The fourth-order valence-corrected chi connectivity index (χ4v) is 2.95. The lowest BCUT2D eigenvalue weighted by Gasteiger charge is -2.22. The summed E-state index contributed by atoms with van der Waals surface area (Å²) in [4.78, 5) is 26.2. The van der Waals surface area contributed by atoms with Gasteiger partial charge in [0.15, 0.2) is 6.10 Å². The van der Waals surface area contributed by atoms with E-state index in [4.69, 9.17) is 4.74 Å². The molecule has 3 rings (SSSR count). The molecule has 1 aliphatic rings. The lowest BCUT2D eigenvalue weighted by atomic mass is 10.1. The number of hydrogen-bond donors (Lipinski definition) is 2. The number of urea groups is 1. The summed E-state index contributed by atoms with van der Waals surface area (Å²) in [5.74, 6) is 0.617. The van der Waals surface area contributed by atoms with Gasteiger partial charge in [0.2, 0.25) is 0 Å². The summed E-state index contributed by atoms with van der Waals surface area (Å²) in [6.07, 6.45) is -0.554. The van der Waals surface area contributed by atoms with Gasteiger partial charge in [-0.25, -0.2) is 4.79 Å². The van der Waals surface area contributed by atoms with Crippen molar-refractivity contribution in [2.75, 3.05) is 11.9 Å². The number of rotatable bonds is 4. The summed E-state index contributed by atoms with van der Waals surface area (Å²) in [5, 5.41) is 5.49. The SMILES string of the molecule is CCNC(=O)Nc1ccc2c(c1)CN(Cc1ccccc1)C(=O)C(C)O2. The minimum absolute atomic E-state index is 0.0525. The van der Waals surface area contributed by atoms with Gasteiger partial charge < -0.3 is 20.3 Å². The Morgan fingerprint density at radius 3 is 2.73 bits per heavy atom. The highest BCUT2D eigenvalue weighted by atomic mass is 16.5. The molecule has 0 fully saturated rings. The van der Waals surface area contributed by atoms with E-state index < -0.39 is 6.10 Å². The molecule has 26 heavy (non-hydrogen) atoms. The largest absolute Gasteiger partial charge is 0.481 e. The van der Waals surface area contributed by atoms with E-state index in [2.05, 4.69) is 10.6 Å². The molecule has 2 N–H and O–H groups in total. The molecule has 2 aromatic carbocycles. The van der Waals surface area contributed by atoms with E-state index >= 15 is 0 Å². The van der Waals surface area contributed by atoms with Crippen LogP contribution in [0.1, 0.15) is 25.0 Å². The van der Waals surface area contributed by atoms with Gasteiger partial charge in [0, 0.05) is 30.9 Å². The molecule has 136 valence electrons. The maximum atomic E-state index is 12.7. The molecule has 2 aromatic rings. The zero-order valence-corrected chi connectivity index (χ0v) is 15.0. The molecule has 0 bridgehead atoms. The summed E-state index contributed by atoms with van der Waals surface area (Å²) in [6, 6.07) is 15.0. The van der Waals surface area contributed by atoms with E-state index in [0.29, 0.717) is 31.1 Å². The van der Waals surface area contributed by atoms with Crippen LogP contribution in [0.4, 0.5) is 10.5 Å². The van der Waals surface area contributed by atoms with Crippen molar-refractivity contribution in [3.05, 3.63) is 59.7 Å². The second kappa shape index (κ2) is 7.91. The van der Waals surface area contributed by atoms with Crippen molar-refractivity contribution in [3.8, 4) is 5.75 Å². The Morgan fingerprint density at radius 2 is 2.00 bits per heavy atom. The van der Waals surface area contributed by atoms with Gasteiger partial charge in [-0.1, -0.05) is 30.3 Å². The molecule has 1 aliphatic heterocycles. The first-order valence-corrected chi connectivity index (χ1v) is 8.74. The molecule has 1 unspecified atom stereocenters. The number of hydrogen-bond acceptors (Lipinski definition) is 3. The topological polar surface area (TPSA) is 70.7 Å². The van der Waals surface area contributed by atoms with Crippen molar-refractivity contribution < 1.29 is 14.3 Å². The smallest absolute Gasteiger partial charge is 0.319 e. The van der Waals surface area contributed by atoms with Crippen LogP contribution in [0.5, 0.6) is 5.75 Å². The third kappa shape index (κ3) is 4.14. The highest BCUT2D eigenvalue weighted by Crippen LogP contribution is 2.29. The van der Waals surface area contributed by atoms with Crippen LogP contribution in [0, 0.1) is 0 Å². The Hall–Kier alpha value is -3.02. The van der Waals surface area contributed by atoms with Crippen molar-refractivity contribution >= 4 is 17.6 Å². The number of carbonyl (C=O) groups excluding carboxylic acids is 2. The molecule has 1 atom stereocenters. The predicted molar refractivity (Wildman–Crippen MR) is 99.9 cm³/mol. The minimum atomic E-state index is -0.554. The van der Waals surface area contributed by atoms with Gasteiger partial charge in [-0.3, -0.25) is 4.79 Å². The molecular weight excluding hydrogens is 330 g/mol.